The highest BCUT2D eigenvalue weighted by atomic mass is 16.6. The Kier molecular flexibility index (Phi) is 3.97. The van der Waals surface area contributed by atoms with E-state index in [2.05, 4.69) is 11.9 Å². The van der Waals surface area contributed by atoms with Crippen LogP contribution in [-0.2, 0) is 0 Å². The fraction of sp³-hybridized carbons (Fsp3) is 0.364. The van der Waals surface area contributed by atoms with Crippen LogP contribution in [0.5, 0.6) is 0 Å². The lowest BCUT2D eigenvalue weighted by Gasteiger charge is -1.99. The Balaban J connectivity index is 2.72. The maximum Gasteiger partial charge on any atom is 0.269 e. The first-order valence-corrected chi connectivity index (χ1v) is 4.91. The molecule has 1 aromatic carbocycles. The van der Waals surface area contributed by atoms with Crippen molar-refractivity contribution in [3.05, 3.63) is 39.9 Å². The number of rotatable bonds is 4. The van der Waals surface area contributed by atoms with Crippen molar-refractivity contribution in [2.24, 2.45) is 4.99 Å². The highest BCUT2D eigenvalue weighted by Crippen LogP contribution is 2.10. The molecular weight excluding hydrogens is 192 g/mol. The van der Waals surface area contributed by atoms with E-state index in [0.717, 1.165) is 12.0 Å². The molecule has 0 unspecified atom stereocenters. The molecule has 0 aliphatic rings. The third kappa shape index (κ3) is 3.50. The number of nitro groups is 1. The summed E-state index contributed by atoms with van der Waals surface area (Å²) >= 11 is 0. The van der Waals surface area contributed by atoms with Gasteiger partial charge in [-0.3, -0.25) is 15.1 Å². The van der Waals surface area contributed by atoms with Gasteiger partial charge >= 0.3 is 0 Å². The van der Waals surface area contributed by atoms with Crippen LogP contribution in [0.4, 0.5) is 5.69 Å². The molecule has 0 heterocycles. The number of aliphatic imine (C=N–C) groups is 1. The first-order valence-electron chi connectivity index (χ1n) is 4.91. The highest BCUT2D eigenvalue weighted by molar-refractivity contribution is 5.80. The van der Waals surface area contributed by atoms with Crippen LogP contribution < -0.4 is 0 Å². The third-order valence-corrected chi connectivity index (χ3v) is 2.17. The number of benzene rings is 1. The molecule has 0 saturated carbocycles. The van der Waals surface area contributed by atoms with E-state index in [0.29, 0.717) is 6.04 Å². The zero-order valence-corrected chi connectivity index (χ0v) is 8.88. The number of hydrogen-bond acceptors (Lipinski definition) is 3. The second-order valence-corrected chi connectivity index (χ2v) is 3.38. The molecule has 0 saturated heterocycles. The molecule has 0 aliphatic carbocycles. The minimum atomic E-state index is -0.407. The van der Waals surface area contributed by atoms with Crippen LogP contribution in [0, 0.1) is 10.1 Å². The van der Waals surface area contributed by atoms with E-state index in [1.807, 2.05) is 6.92 Å². The molecule has 4 heteroatoms. The summed E-state index contributed by atoms with van der Waals surface area (Å²) in [4.78, 5) is 14.3. The number of non-ortho nitro benzene ring substituents is 1. The van der Waals surface area contributed by atoms with Gasteiger partial charge in [0.1, 0.15) is 0 Å². The molecule has 0 radical (unpaired) electrons. The molecule has 0 fully saturated rings. The van der Waals surface area contributed by atoms with Crippen molar-refractivity contribution in [1.29, 1.82) is 0 Å². The van der Waals surface area contributed by atoms with E-state index in [1.165, 1.54) is 12.1 Å². The summed E-state index contributed by atoms with van der Waals surface area (Å²) in [5.41, 5.74) is 0.997. The Morgan fingerprint density at radius 1 is 1.47 bits per heavy atom. The Labute approximate surface area is 88.8 Å². The second-order valence-electron chi connectivity index (χ2n) is 3.38. The molecule has 0 amide bonds. The first kappa shape index (κ1) is 11.4. The average molecular weight is 206 g/mol. The predicted molar refractivity (Wildman–Crippen MR) is 60.4 cm³/mol. The van der Waals surface area contributed by atoms with Gasteiger partial charge in [0.25, 0.3) is 5.69 Å². The van der Waals surface area contributed by atoms with Gasteiger partial charge in [0, 0.05) is 24.4 Å². The lowest BCUT2D eigenvalue weighted by molar-refractivity contribution is -0.384. The van der Waals surface area contributed by atoms with Crippen molar-refractivity contribution in [3.8, 4) is 0 Å². The third-order valence-electron chi connectivity index (χ3n) is 2.17. The van der Waals surface area contributed by atoms with Crippen molar-refractivity contribution in [2.75, 3.05) is 0 Å². The quantitative estimate of drug-likeness (QED) is 0.432. The molecule has 1 aromatic rings. The highest BCUT2D eigenvalue weighted by Gasteiger charge is 2.02. The van der Waals surface area contributed by atoms with Crippen molar-refractivity contribution in [3.63, 3.8) is 0 Å². The first-order chi connectivity index (χ1) is 7.13. The van der Waals surface area contributed by atoms with Crippen molar-refractivity contribution < 1.29 is 4.92 Å². The van der Waals surface area contributed by atoms with Crippen LogP contribution >= 0.6 is 0 Å². The van der Waals surface area contributed by atoms with Gasteiger partial charge in [-0.1, -0.05) is 6.92 Å². The average Bonchev–Trinajstić information content (AvgIpc) is 2.26. The molecule has 15 heavy (non-hydrogen) atoms. The zero-order valence-electron chi connectivity index (χ0n) is 8.88. The summed E-state index contributed by atoms with van der Waals surface area (Å²) in [6.07, 6.45) is 2.74. The summed E-state index contributed by atoms with van der Waals surface area (Å²) in [7, 11) is 0. The molecule has 0 N–H and O–H groups in total. The van der Waals surface area contributed by atoms with E-state index in [1.54, 1.807) is 18.3 Å². The molecule has 1 atom stereocenters. The topological polar surface area (TPSA) is 55.5 Å². The largest absolute Gasteiger partial charge is 0.290 e. The number of hydrogen-bond donors (Lipinski definition) is 0. The standard InChI is InChI=1S/C11H14N2O2/c1-3-9(2)12-8-10-4-6-11(7-5-10)13(14)15/h4-9H,3H2,1-2H3/t9-/m0/s1. The van der Waals surface area contributed by atoms with E-state index < -0.39 is 4.92 Å². The molecule has 0 aromatic heterocycles. The predicted octanol–water partition coefficient (Wildman–Crippen LogP) is 2.81. The minimum Gasteiger partial charge on any atom is -0.290 e. The number of nitro benzene ring substituents is 1. The number of nitrogens with zero attached hydrogens (tertiary/aromatic N) is 2. The molecule has 0 bridgehead atoms. The lowest BCUT2D eigenvalue weighted by Crippen LogP contribution is -1.95. The maximum absolute atomic E-state index is 10.4. The fourth-order valence-corrected chi connectivity index (χ4v) is 1.00. The molecule has 4 nitrogen and oxygen atoms in total. The van der Waals surface area contributed by atoms with Gasteiger partial charge in [-0.25, -0.2) is 0 Å². The van der Waals surface area contributed by atoms with Gasteiger partial charge in [0.05, 0.1) is 4.92 Å². The minimum absolute atomic E-state index is 0.107. The van der Waals surface area contributed by atoms with E-state index in [9.17, 15) is 10.1 Å². The molecular formula is C11H14N2O2. The normalized spacial score (nSPS) is 12.9. The Morgan fingerprint density at radius 3 is 2.53 bits per heavy atom. The Morgan fingerprint density at radius 2 is 2.07 bits per heavy atom. The molecule has 0 aliphatic heterocycles. The van der Waals surface area contributed by atoms with Crippen LogP contribution in [0.2, 0.25) is 0 Å². The van der Waals surface area contributed by atoms with Gasteiger partial charge in [-0.15, -0.1) is 0 Å². The molecule has 1 rings (SSSR count). The summed E-state index contributed by atoms with van der Waals surface area (Å²) < 4.78 is 0. The SMILES string of the molecule is CC[C@H](C)N=Cc1ccc([N+](=O)[O-])cc1. The van der Waals surface area contributed by atoms with Crippen LogP contribution in [0.3, 0.4) is 0 Å². The van der Waals surface area contributed by atoms with Crippen LogP contribution in [0.25, 0.3) is 0 Å². The van der Waals surface area contributed by atoms with Crippen molar-refractivity contribution in [2.45, 2.75) is 26.3 Å². The summed E-state index contributed by atoms with van der Waals surface area (Å²) in [6, 6.07) is 6.66. The second kappa shape index (κ2) is 5.24. The van der Waals surface area contributed by atoms with Crippen LogP contribution in [-0.4, -0.2) is 17.2 Å². The summed E-state index contributed by atoms with van der Waals surface area (Å²) in [5.74, 6) is 0. The van der Waals surface area contributed by atoms with Crippen LogP contribution in [0.15, 0.2) is 29.3 Å². The van der Waals surface area contributed by atoms with Gasteiger partial charge in [-0.2, -0.15) is 0 Å². The van der Waals surface area contributed by atoms with Crippen molar-refractivity contribution in [1.82, 2.24) is 0 Å². The summed E-state index contributed by atoms with van der Waals surface area (Å²) in [6.45, 7) is 4.10. The Hall–Kier alpha value is -1.71. The van der Waals surface area contributed by atoms with E-state index in [4.69, 9.17) is 0 Å². The van der Waals surface area contributed by atoms with Crippen molar-refractivity contribution >= 4 is 11.9 Å². The van der Waals surface area contributed by atoms with Gasteiger partial charge in [-0.05, 0) is 31.0 Å². The van der Waals surface area contributed by atoms with Gasteiger partial charge in [0.2, 0.25) is 0 Å². The van der Waals surface area contributed by atoms with Gasteiger partial charge < -0.3 is 0 Å². The maximum atomic E-state index is 10.4. The fourth-order valence-electron chi connectivity index (χ4n) is 1.00. The molecule has 0 spiro atoms. The van der Waals surface area contributed by atoms with Crippen LogP contribution in [0.1, 0.15) is 25.8 Å². The van der Waals surface area contributed by atoms with E-state index >= 15 is 0 Å². The summed E-state index contributed by atoms with van der Waals surface area (Å²) in [5, 5.41) is 10.4. The lowest BCUT2D eigenvalue weighted by atomic mass is 10.2. The van der Waals surface area contributed by atoms with E-state index in [-0.39, 0.29) is 5.69 Å². The molecule has 80 valence electrons. The zero-order chi connectivity index (χ0) is 11.3. The smallest absolute Gasteiger partial charge is 0.269 e. The Bertz CT molecular complexity index is 357. The monoisotopic (exact) mass is 206 g/mol. The van der Waals surface area contributed by atoms with Gasteiger partial charge in [0.15, 0.2) is 0 Å².